The lowest BCUT2D eigenvalue weighted by Gasteiger charge is -2.18. The number of carboxylic acid groups (broad SMARTS) is 1. The van der Waals surface area contributed by atoms with Crippen LogP contribution in [0.25, 0.3) is 22.6 Å². The minimum Gasteiger partial charge on any atom is -0.492 e. The van der Waals surface area contributed by atoms with Gasteiger partial charge in [0.25, 0.3) is 0 Å². The number of benzene rings is 2. The molecule has 11 heteroatoms. The summed E-state index contributed by atoms with van der Waals surface area (Å²) in [6.07, 6.45) is 2.11. The smallest absolute Gasteiger partial charge is 0.376 e. The van der Waals surface area contributed by atoms with Crippen molar-refractivity contribution in [2.75, 3.05) is 19.0 Å². The molecular weight excluding hydrogens is 534 g/mol. The molecule has 0 spiro atoms. The van der Waals surface area contributed by atoms with E-state index in [1.807, 2.05) is 47.9 Å². The molecule has 0 bridgehead atoms. The molecule has 0 radical (unpaired) electrons. The topological polar surface area (TPSA) is 128 Å². The number of esters is 1. The lowest BCUT2D eigenvalue weighted by atomic mass is 10.1. The number of carbonyl (C=O) groups is 2. The maximum atomic E-state index is 12.5. The van der Waals surface area contributed by atoms with E-state index in [2.05, 4.69) is 22.2 Å². The zero-order chi connectivity index (χ0) is 28.4. The molecule has 5 rings (SSSR count). The normalized spacial score (nSPS) is 13.7. The second kappa shape index (κ2) is 11.5. The first-order valence-electron chi connectivity index (χ1n) is 13.1. The molecule has 2 heterocycles. The van der Waals surface area contributed by atoms with Crippen LogP contribution < -0.4 is 10.1 Å². The lowest BCUT2D eigenvalue weighted by Crippen LogP contribution is -2.21. The second-order valence-corrected chi connectivity index (χ2v) is 10.4. The number of ether oxygens (including phenoxy) is 2. The molecule has 208 valence electrons. The number of aryl methyl sites for hydroxylation is 1. The number of methoxy groups -OCH3 is 1. The maximum Gasteiger partial charge on any atom is 0.376 e. The molecule has 0 saturated heterocycles. The average molecular weight is 564 g/mol. The predicted octanol–water partition coefficient (Wildman–Crippen LogP) is 5.35. The molecule has 0 amide bonds. The molecule has 1 unspecified atom stereocenters. The Morgan fingerprint density at radius 2 is 1.90 bits per heavy atom. The standard InChI is InChI=1S/C29H30ClN5O5/c1-16-4-11-22(40-13-12-23(36)37)21(14-16)28-34-26-24(35(28)15-18-5-9-20(30)10-6-18)25(31-17(2)19-7-8-19)32-27(33-26)29(38)39-3/h4-6,9-11,14,17,19H,7-8,12-13,15H2,1-3H3,(H,36,37)(H,31,32,33). The van der Waals surface area contributed by atoms with E-state index in [1.54, 1.807) is 6.07 Å². The number of carbonyl (C=O) groups excluding carboxylic acids is 1. The largest absolute Gasteiger partial charge is 0.492 e. The quantitative estimate of drug-likeness (QED) is 0.232. The van der Waals surface area contributed by atoms with Crippen molar-refractivity contribution in [1.82, 2.24) is 19.5 Å². The van der Waals surface area contributed by atoms with E-state index in [9.17, 15) is 9.59 Å². The Hall–Kier alpha value is -4.18. The van der Waals surface area contributed by atoms with Crippen molar-refractivity contribution in [3.05, 3.63) is 64.4 Å². The summed E-state index contributed by atoms with van der Waals surface area (Å²) < 4.78 is 12.8. The third-order valence-corrected chi connectivity index (χ3v) is 7.12. The SMILES string of the molecule is COC(=O)c1nc(NC(C)C2CC2)c2c(n1)nc(-c1cc(C)ccc1OCCC(=O)O)n2Cc1ccc(Cl)cc1. The van der Waals surface area contributed by atoms with Gasteiger partial charge in [0, 0.05) is 17.6 Å². The van der Waals surface area contributed by atoms with E-state index < -0.39 is 11.9 Å². The summed E-state index contributed by atoms with van der Waals surface area (Å²) in [4.78, 5) is 37.6. The highest BCUT2D eigenvalue weighted by molar-refractivity contribution is 6.30. The molecule has 40 heavy (non-hydrogen) atoms. The number of halogens is 1. The zero-order valence-electron chi connectivity index (χ0n) is 22.5. The lowest BCUT2D eigenvalue weighted by molar-refractivity contribution is -0.137. The van der Waals surface area contributed by atoms with E-state index in [1.165, 1.54) is 7.11 Å². The highest BCUT2D eigenvalue weighted by atomic mass is 35.5. The third kappa shape index (κ3) is 6.02. The zero-order valence-corrected chi connectivity index (χ0v) is 23.2. The number of aromatic nitrogens is 4. The van der Waals surface area contributed by atoms with E-state index in [-0.39, 0.29) is 24.9 Å². The van der Waals surface area contributed by atoms with Crippen LogP contribution >= 0.6 is 11.6 Å². The Morgan fingerprint density at radius 1 is 1.15 bits per heavy atom. The number of nitrogens with zero attached hydrogens (tertiary/aromatic N) is 4. The monoisotopic (exact) mass is 563 g/mol. The number of nitrogens with one attached hydrogen (secondary N) is 1. The predicted molar refractivity (Wildman–Crippen MR) is 151 cm³/mol. The van der Waals surface area contributed by atoms with Crippen LogP contribution in [0.15, 0.2) is 42.5 Å². The number of anilines is 1. The summed E-state index contributed by atoms with van der Waals surface area (Å²) in [6, 6.07) is 13.3. The van der Waals surface area contributed by atoms with Gasteiger partial charge in [-0.25, -0.2) is 19.7 Å². The van der Waals surface area contributed by atoms with Crippen LogP contribution in [0.5, 0.6) is 5.75 Å². The van der Waals surface area contributed by atoms with E-state index in [4.69, 9.17) is 31.2 Å². The first-order valence-corrected chi connectivity index (χ1v) is 13.4. The van der Waals surface area contributed by atoms with Gasteiger partial charge in [-0.15, -0.1) is 0 Å². The highest BCUT2D eigenvalue weighted by Crippen LogP contribution is 2.37. The van der Waals surface area contributed by atoms with Gasteiger partial charge in [-0.05, 0) is 62.4 Å². The van der Waals surface area contributed by atoms with Gasteiger partial charge >= 0.3 is 11.9 Å². The van der Waals surface area contributed by atoms with Gasteiger partial charge in [0.2, 0.25) is 5.82 Å². The minimum atomic E-state index is -0.949. The third-order valence-electron chi connectivity index (χ3n) is 6.87. The Kier molecular flexibility index (Phi) is 7.88. The van der Waals surface area contributed by atoms with Gasteiger partial charge in [0.15, 0.2) is 11.5 Å². The van der Waals surface area contributed by atoms with Crippen LogP contribution in [0.2, 0.25) is 5.02 Å². The Bertz CT molecular complexity index is 1570. The first-order chi connectivity index (χ1) is 19.2. The number of hydrogen-bond acceptors (Lipinski definition) is 8. The van der Waals surface area contributed by atoms with Gasteiger partial charge < -0.3 is 24.5 Å². The average Bonchev–Trinajstić information content (AvgIpc) is 3.72. The van der Waals surface area contributed by atoms with Crippen LogP contribution in [0.3, 0.4) is 0 Å². The van der Waals surface area contributed by atoms with Crippen LogP contribution in [-0.2, 0) is 16.1 Å². The molecule has 0 aliphatic heterocycles. The summed E-state index contributed by atoms with van der Waals surface area (Å²) in [5, 5.41) is 13.2. The number of carboxylic acids is 1. The highest BCUT2D eigenvalue weighted by Gasteiger charge is 2.30. The first kappa shape index (κ1) is 27.4. The van der Waals surface area contributed by atoms with Crippen molar-refractivity contribution in [2.24, 2.45) is 5.92 Å². The number of hydrogen-bond donors (Lipinski definition) is 2. The summed E-state index contributed by atoms with van der Waals surface area (Å²) in [5.41, 5.74) is 3.54. The van der Waals surface area contributed by atoms with Gasteiger partial charge in [0.05, 0.1) is 25.7 Å². The van der Waals surface area contributed by atoms with Crippen LogP contribution in [-0.4, -0.2) is 56.3 Å². The van der Waals surface area contributed by atoms with Gasteiger partial charge in [-0.2, -0.15) is 0 Å². The van der Waals surface area contributed by atoms with Crippen molar-refractivity contribution >= 4 is 40.5 Å². The summed E-state index contributed by atoms with van der Waals surface area (Å²) in [6.45, 7) is 4.45. The van der Waals surface area contributed by atoms with Crippen LogP contribution in [0.4, 0.5) is 5.82 Å². The summed E-state index contributed by atoms with van der Waals surface area (Å²) >= 11 is 6.15. The van der Waals surface area contributed by atoms with Crippen molar-refractivity contribution in [3.8, 4) is 17.1 Å². The molecule has 1 saturated carbocycles. The molecular formula is C29H30ClN5O5. The minimum absolute atomic E-state index is 0.000804. The number of rotatable bonds is 11. The number of imidazole rings is 1. The molecule has 1 aliphatic rings. The number of fused-ring (bicyclic) bond motifs is 1. The van der Waals surface area contributed by atoms with E-state index in [0.717, 1.165) is 24.0 Å². The fourth-order valence-electron chi connectivity index (χ4n) is 4.57. The molecule has 2 N–H and O–H groups in total. The second-order valence-electron chi connectivity index (χ2n) is 9.97. The van der Waals surface area contributed by atoms with E-state index >= 15 is 0 Å². The molecule has 1 fully saturated rings. The van der Waals surface area contributed by atoms with Crippen molar-refractivity contribution < 1.29 is 24.2 Å². The fourth-order valence-corrected chi connectivity index (χ4v) is 4.70. The number of aliphatic carboxylic acids is 1. The van der Waals surface area contributed by atoms with Crippen molar-refractivity contribution in [1.29, 1.82) is 0 Å². The molecule has 1 atom stereocenters. The molecule has 2 aromatic heterocycles. The Balaban J connectivity index is 1.72. The fraction of sp³-hybridized carbons (Fsp3) is 0.345. The molecule has 10 nitrogen and oxygen atoms in total. The molecule has 1 aliphatic carbocycles. The van der Waals surface area contributed by atoms with E-state index in [0.29, 0.717) is 51.6 Å². The Labute approximate surface area is 236 Å². The van der Waals surface area contributed by atoms with Gasteiger partial charge in [-0.3, -0.25) is 4.79 Å². The van der Waals surface area contributed by atoms with Crippen LogP contribution in [0, 0.1) is 12.8 Å². The molecule has 2 aromatic carbocycles. The van der Waals surface area contributed by atoms with Crippen molar-refractivity contribution in [3.63, 3.8) is 0 Å². The molecule has 4 aromatic rings. The van der Waals surface area contributed by atoms with Crippen molar-refractivity contribution in [2.45, 2.75) is 45.7 Å². The maximum absolute atomic E-state index is 12.5. The van der Waals surface area contributed by atoms with Gasteiger partial charge in [0.1, 0.15) is 17.1 Å². The Morgan fingerprint density at radius 3 is 2.58 bits per heavy atom. The summed E-state index contributed by atoms with van der Waals surface area (Å²) in [7, 11) is 1.29. The van der Waals surface area contributed by atoms with Gasteiger partial charge in [-0.1, -0.05) is 35.4 Å². The summed E-state index contributed by atoms with van der Waals surface area (Å²) in [5.74, 6) is 0.327. The van der Waals surface area contributed by atoms with Crippen LogP contribution in [0.1, 0.15) is 47.9 Å².